The summed E-state index contributed by atoms with van der Waals surface area (Å²) in [4.78, 5) is 19.4. The molecule has 2 fully saturated rings. The first kappa shape index (κ1) is 15.9. The second-order valence-corrected chi connectivity index (χ2v) is 7.36. The average Bonchev–Trinajstić information content (AvgIpc) is 3.05. The Bertz CT molecular complexity index is 511. The molecule has 6 heteroatoms. The Morgan fingerprint density at radius 3 is 3.09 bits per heavy atom. The summed E-state index contributed by atoms with van der Waals surface area (Å²) < 4.78 is 5.41. The standard InChI is InChI=1S/C16H25N3O2S/c1-11(2)14-10-22-15(18-14)12-4-3-6-19(8-12)16(20)13-9-21-7-5-17-13/h10-13,17H,3-9H2,1-2H3. The van der Waals surface area contributed by atoms with E-state index < -0.39 is 0 Å². The van der Waals surface area contributed by atoms with Crippen LogP contribution in [0.5, 0.6) is 0 Å². The van der Waals surface area contributed by atoms with E-state index >= 15 is 0 Å². The molecular formula is C16H25N3O2S. The molecule has 2 aliphatic heterocycles. The molecule has 3 rings (SSSR count). The first-order valence-electron chi connectivity index (χ1n) is 8.20. The number of morpholine rings is 1. The molecule has 2 saturated heterocycles. The van der Waals surface area contributed by atoms with Crippen LogP contribution in [0.1, 0.15) is 49.2 Å². The van der Waals surface area contributed by atoms with Gasteiger partial charge in [0.05, 0.1) is 23.9 Å². The lowest BCUT2D eigenvalue weighted by molar-refractivity contribution is -0.137. The lowest BCUT2D eigenvalue weighted by atomic mass is 9.98. The summed E-state index contributed by atoms with van der Waals surface area (Å²) in [5, 5.41) is 6.61. The van der Waals surface area contributed by atoms with Crippen molar-refractivity contribution in [2.75, 3.05) is 32.8 Å². The second kappa shape index (κ2) is 7.06. The third-order valence-electron chi connectivity index (χ3n) is 4.43. The number of likely N-dealkylation sites (tertiary alicyclic amines) is 1. The van der Waals surface area contributed by atoms with E-state index in [0.717, 1.165) is 32.5 Å². The summed E-state index contributed by atoms with van der Waals surface area (Å²) in [5.41, 5.74) is 1.17. The van der Waals surface area contributed by atoms with Gasteiger partial charge in [-0.1, -0.05) is 13.8 Å². The number of ether oxygens (including phenoxy) is 1. The van der Waals surface area contributed by atoms with Crippen molar-refractivity contribution < 1.29 is 9.53 Å². The van der Waals surface area contributed by atoms with Crippen molar-refractivity contribution in [1.82, 2.24) is 15.2 Å². The zero-order chi connectivity index (χ0) is 15.5. The Kier molecular flexibility index (Phi) is 5.10. The summed E-state index contributed by atoms with van der Waals surface area (Å²) in [5.74, 6) is 1.04. The smallest absolute Gasteiger partial charge is 0.242 e. The van der Waals surface area contributed by atoms with Crippen LogP contribution in [0.4, 0.5) is 0 Å². The maximum Gasteiger partial charge on any atom is 0.242 e. The molecule has 122 valence electrons. The summed E-state index contributed by atoms with van der Waals surface area (Å²) in [6.07, 6.45) is 2.18. The maximum atomic E-state index is 12.6. The van der Waals surface area contributed by atoms with Crippen molar-refractivity contribution >= 4 is 17.2 Å². The van der Waals surface area contributed by atoms with Crippen LogP contribution < -0.4 is 5.32 Å². The second-order valence-electron chi connectivity index (χ2n) is 6.47. The molecule has 1 aromatic rings. The lowest BCUT2D eigenvalue weighted by Crippen LogP contribution is -2.54. The van der Waals surface area contributed by atoms with E-state index in [4.69, 9.17) is 9.72 Å². The van der Waals surface area contributed by atoms with Crippen LogP contribution in [0, 0.1) is 0 Å². The number of hydrogen-bond acceptors (Lipinski definition) is 5. The maximum absolute atomic E-state index is 12.6. The van der Waals surface area contributed by atoms with Gasteiger partial charge in [0.2, 0.25) is 5.91 Å². The van der Waals surface area contributed by atoms with Gasteiger partial charge in [-0.2, -0.15) is 0 Å². The quantitative estimate of drug-likeness (QED) is 0.924. The molecule has 22 heavy (non-hydrogen) atoms. The fourth-order valence-electron chi connectivity index (χ4n) is 3.08. The van der Waals surface area contributed by atoms with E-state index in [1.807, 2.05) is 4.90 Å². The van der Waals surface area contributed by atoms with Crippen LogP contribution in [0.15, 0.2) is 5.38 Å². The number of hydrogen-bond donors (Lipinski definition) is 1. The van der Waals surface area contributed by atoms with Crippen molar-refractivity contribution in [2.24, 2.45) is 0 Å². The van der Waals surface area contributed by atoms with E-state index in [9.17, 15) is 4.79 Å². The van der Waals surface area contributed by atoms with Gasteiger partial charge in [-0.15, -0.1) is 11.3 Å². The summed E-state index contributed by atoms with van der Waals surface area (Å²) in [7, 11) is 0. The van der Waals surface area contributed by atoms with Gasteiger partial charge in [0, 0.05) is 30.9 Å². The minimum atomic E-state index is -0.171. The third-order valence-corrected chi connectivity index (χ3v) is 5.46. The number of amides is 1. The number of carbonyl (C=O) groups excluding carboxylic acids is 1. The van der Waals surface area contributed by atoms with Gasteiger partial charge >= 0.3 is 0 Å². The van der Waals surface area contributed by atoms with Crippen molar-refractivity contribution in [3.8, 4) is 0 Å². The van der Waals surface area contributed by atoms with Gasteiger partial charge in [-0.3, -0.25) is 4.79 Å². The lowest BCUT2D eigenvalue weighted by Gasteiger charge is -2.35. The van der Waals surface area contributed by atoms with Gasteiger partial charge in [0.15, 0.2) is 0 Å². The largest absolute Gasteiger partial charge is 0.378 e. The normalized spacial score (nSPS) is 26.4. The Morgan fingerprint density at radius 2 is 2.41 bits per heavy atom. The third kappa shape index (κ3) is 3.50. The van der Waals surface area contributed by atoms with E-state index in [1.54, 1.807) is 11.3 Å². The highest BCUT2D eigenvalue weighted by Gasteiger charge is 2.31. The molecule has 1 N–H and O–H groups in total. The number of nitrogens with one attached hydrogen (secondary N) is 1. The number of aromatic nitrogens is 1. The van der Waals surface area contributed by atoms with Crippen LogP contribution >= 0.6 is 11.3 Å². The van der Waals surface area contributed by atoms with Gasteiger partial charge in [0.25, 0.3) is 0 Å². The predicted molar refractivity (Wildman–Crippen MR) is 87.4 cm³/mol. The predicted octanol–water partition coefficient (Wildman–Crippen LogP) is 1.96. The molecule has 0 radical (unpaired) electrons. The monoisotopic (exact) mass is 323 g/mol. The zero-order valence-electron chi connectivity index (χ0n) is 13.4. The van der Waals surface area contributed by atoms with Crippen molar-refractivity contribution in [2.45, 2.75) is 44.6 Å². The summed E-state index contributed by atoms with van der Waals surface area (Å²) >= 11 is 1.74. The topological polar surface area (TPSA) is 54.5 Å². The summed E-state index contributed by atoms with van der Waals surface area (Å²) in [6.45, 7) is 7.95. The van der Waals surface area contributed by atoms with Crippen LogP contribution in [-0.2, 0) is 9.53 Å². The van der Waals surface area contributed by atoms with Crippen molar-refractivity contribution in [3.63, 3.8) is 0 Å². The minimum absolute atomic E-state index is 0.171. The highest BCUT2D eigenvalue weighted by atomic mass is 32.1. The van der Waals surface area contributed by atoms with Crippen LogP contribution in [0.2, 0.25) is 0 Å². The molecule has 2 aliphatic rings. The van der Waals surface area contributed by atoms with Crippen LogP contribution in [0.25, 0.3) is 0 Å². The Labute approximate surface area is 136 Å². The van der Waals surface area contributed by atoms with E-state index in [0.29, 0.717) is 25.0 Å². The minimum Gasteiger partial charge on any atom is -0.378 e. The fraction of sp³-hybridized carbons (Fsp3) is 0.750. The number of nitrogens with zero attached hydrogens (tertiary/aromatic N) is 2. The number of rotatable bonds is 3. The average molecular weight is 323 g/mol. The molecule has 0 bridgehead atoms. The zero-order valence-corrected chi connectivity index (χ0v) is 14.2. The summed E-state index contributed by atoms with van der Waals surface area (Å²) in [6, 6.07) is -0.171. The number of piperidine rings is 1. The first-order valence-corrected chi connectivity index (χ1v) is 9.08. The molecule has 2 unspecified atom stereocenters. The molecule has 3 heterocycles. The first-order chi connectivity index (χ1) is 10.6. The van der Waals surface area contributed by atoms with Gasteiger partial charge in [-0.05, 0) is 18.8 Å². The Balaban J connectivity index is 1.64. The molecule has 0 aliphatic carbocycles. The fourth-order valence-corrected chi connectivity index (χ4v) is 4.19. The van der Waals surface area contributed by atoms with Gasteiger partial charge < -0.3 is 15.0 Å². The molecule has 1 amide bonds. The number of thiazole rings is 1. The SMILES string of the molecule is CC(C)c1csc(C2CCCN(C(=O)C3COCCN3)C2)n1. The molecule has 0 saturated carbocycles. The van der Waals surface area contributed by atoms with E-state index in [2.05, 4.69) is 24.5 Å². The van der Waals surface area contributed by atoms with Crippen LogP contribution in [0.3, 0.4) is 0 Å². The van der Waals surface area contributed by atoms with E-state index in [-0.39, 0.29) is 11.9 Å². The molecule has 2 atom stereocenters. The van der Waals surface area contributed by atoms with Gasteiger partial charge in [0.1, 0.15) is 6.04 Å². The highest BCUT2D eigenvalue weighted by molar-refractivity contribution is 7.09. The van der Waals surface area contributed by atoms with Crippen LogP contribution in [-0.4, -0.2) is 54.7 Å². The molecule has 5 nitrogen and oxygen atoms in total. The molecule has 1 aromatic heterocycles. The highest BCUT2D eigenvalue weighted by Crippen LogP contribution is 2.31. The molecule has 0 aromatic carbocycles. The molecule has 0 spiro atoms. The van der Waals surface area contributed by atoms with Crippen molar-refractivity contribution in [1.29, 1.82) is 0 Å². The van der Waals surface area contributed by atoms with Gasteiger partial charge in [-0.25, -0.2) is 4.98 Å². The Hall–Kier alpha value is -0.980. The molecular weight excluding hydrogens is 298 g/mol. The van der Waals surface area contributed by atoms with E-state index in [1.165, 1.54) is 10.7 Å². The Morgan fingerprint density at radius 1 is 1.55 bits per heavy atom. The van der Waals surface area contributed by atoms with Crippen molar-refractivity contribution in [3.05, 3.63) is 16.1 Å². The number of carbonyl (C=O) groups is 1.